The average Bonchev–Trinajstić information content (AvgIpc) is 2.61. The first-order chi connectivity index (χ1) is 11.4. The number of hydrogen-bond acceptors (Lipinski definition) is 3. The van der Waals surface area contributed by atoms with Gasteiger partial charge in [-0.2, -0.15) is 0 Å². The van der Waals surface area contributed by atoms with E-state index in [4.69, 9.17) is 4.74 Å². The normalized spacial score (nSPS) is 17.3. The van der Waals surface area contributed by atoms with Crippen molar-refractivity contribution >= 4 is 5.96 Å². The topological polar surface area (TPSA) is 48.9 Å². The van der Waals surface area contributed by atoms with Crippen molar-refractivity contribution in [1.82, 2.24) is 15.5 Å². The molecule has 1 unspecified atom stereocenters. The predicted molar refractivity (Wildman–Crippen MR) is 100 cm³/mol. The van der Waals surface area contributed by atoms with Crippen LogP contribution in [-0.4, -0.2) is 56.3 Å². The van der Waals surface area contributed by atoms with Gasteiger partial charge in [0.1, 0.15) is 0 Å². The van der Waals surface area contributed by atoms with Gasteiger partial charge >= 0.3 is 0 Å². The van der Waals surface area contributed by atoms with Crippen molar-refractivity contribution in [3.63, 3.8) is 0 Å². The monoisotopic (exact) mass is 332 g/mol. The molecule has 0 fully saturated rings. The molecule has 1 aliphatic heterocycles. The standard InChI is InChI=1S/C19H32N4O/c1-15(12-21-18(20-4)22-14-19(2,3)24-5)23-11-10-16-8-6-7-9-17(16)13-23/h6-9,15H,10-14H2,1-5H3,(H2,20,21,22). The summed E-state index contributed by atoms with van der Waals surface area (Å²) in [6, 6.07) is 9.21. The van der Waals surface area contributed by atoms with Crippen LogP contribution >= 0.6 is 0 Å². The predicted octanol–water partition coefficient (Wildman–Crippen LogP) is 2.02. The van der Waals surface area contributed by atoms with Crippen molar-refractivity contribution in [2.75, 3.05) is 33.8 Å². The molecular weight excluding hydrogens is 300 g/mol. The summed E-state index contributed by atoms with van der Waals surface area (Å²) >= 11 is 0. The molecule has 0 saturated carbocycles. The van der Waals surface area contributed by atoms with Gasteiger partial charge in [-0.25, -0.2) is 0 Å². The molecular formula is C19H32N4O. The van der Waals surface area contributed by atoms with E-state index in [2.05, 4.69) is 65.6 Å². The number of benzene rings is 1. The Morgan fingerprint density at radius 2 is 2.00 bits per heavy atom. The fraction of sp³-hybridized carbons (Fsp3) is 0.632. The summed E-state index contributed by atoms with van der Waals surface area (Å²) in [5, 5.41) is 6.76. The first-order valence-corrected chi connectivity index (χ1v) is 8.75. The molecule has 0 spiro atoms. The third kappa shape index (κ3) is 5.21. The molecule has 2 rings (SSSR count). The van der Waals surface area contributed by atoms with Crippen LogP contribution in [0.5, 0.6) is 0 Å². The van der Waals surface area contributed by atoms with Gasteiger partial charge in [0.25, 0.3) is 0 Å². The van der Waals surface area contributed by atoms with Crippen molar-refractivity contribution in [2.45, 2.75) is 45.4 Å². The fourth-order valence-corrected chi connectivity index (χ4v) is 2.86. The Kier molecular flexibility index (Phi) is 6.63. The Morgan fingerprint density at radius 1 is 1.29 bits per heavy atom. The van der Waals surface area contributed by atoms with Crippen molar-refractivity contribution < 1.29 is 4.74 Å². The van der Waals surface area contributed by atoms with E-state index in [-0.39, 0.29) is 5.60 Å². The van der Waals surface area contributed by atoms with Crippen molar-refractivity contribution in [2.24, 2.45) is 4.99 Å². The third-order valence-corrected chi connectivity index (χ3v) is 4.81. The maximum absolute atomic E-state index is 5.43. The SMILES string of the molecule is CN=C(NCC(C)N1CCc2ccccc2C1)NCC(C)(C)OC. The molecule has 1 aliphatic rings. The van der Waals surface area contributed by atoms with E-state index in [0.29, 0.717) is 12.6 Å². The van der Waals surface area contributed by atoms with Crippen LogP contribution in [0.15, 0.2) is 29.3 Å². The quantitative estimate of drug-likeness (QED) is 0.618. The molecule has 0 aromatic heterocycles. The van der Waals surface area contributed by atoms with Crippen molar-refractivity contribution in [1.29, 1.82) is 0 Å². The molecule has 1 heterocycles. The smallest absolute Gasteiger partial charge is 0.191 e. The lowest BCUT2D eigenvalue weighted by Crippen LogP contribution is -2.49. The number of nitrogens with zero attached hydrogens (tertiary/aromatic N) is 2. The molecule has 0 amide bonds. The second-order valence-electron chi connectivity index (χ2n) is 7.11. The van der Waals surface area contributed by atoms with Crippen molar-refractivity contribution in [3.8, 4) is 0 Å². The summed E-state index contributed by atoms with van der Waals surface area (Å²) in [5.74, 6) is 0.824. The summed E-state index contributed by atoms with van der Waals surface area (Å²) in [6.45, 7) is 10.1. The molecule has 1 atom stereocenters. The van der Waals surface area contributed by atoms with Crippen LogP contribution in [0, 0.1) is 0 Å². The number of guanidine groups is 1. The first-order valence-electron chi connectivity index (χ1n) is 8.75. The lowest BCUT2D eigenvalue weighted by Gasteiger charge is -2.34. The Hall–Kier alpha value is -1.59. The number of hydrogen-bond donors (Lipinski definition) is 2. The molecule has 2 N–H and O–H groups in total. The highest BCUT2D eigenvalue weighted by Gasteiger charge is 2.21. The highest BCUT2D eigenvalue weighted by molar-refractivity contribution is 5.79. The second-order valence-corrected chi connectivity index (χ2v) is 7.11. The molecule has 0 aliphatic carbocycles. The zero-order valence-corrected chi connectivity index (χ0v) is 15.7. The van der Waals surface area contributed by atoms with Gasteiger partial charge < -0.3 is 15.4 Å². The van der Waals surface area contributed by atoms with Gasteiger partial charge in [0.05, 0.1) is 5.60 Å². The minimum atomic E-state index is -0.209. The zero-order valence-electron chi connectivity index (χ0n) is 15.7. The van der Waals surface area contributed by atoms with E-state index in [1.54, 1.807) is 14.2 Å². The van der Waals surface area contributed by atoms with Gasteiger partial charge in [-0.1, -0.05) is 24.3 Å². The molecule has 1 aromatic rings. The number of nitrogens with one attached hydrogen (secondary N) is 2. The lowest BCUT2D eigenvalue weighted by atomic mass is 9.99. The van der Waals surface area contributed by atoms with Gasteiger partial charge in [0, 0.05) is 46.4 Å². The molecule has 134 valence electrons. The number of rotatable bonds is 6. The highest BCUT2D eigenvalue weighted by Crippen LogP contribution is 2.19. The van der Waals surface area contributed by atoms with Gasteiger partial charge in [0.2, 0.25) is 0 Å². The largest absolute Gasteiger partial charge is 0.377 e. The maximum Gasteiger partial charge on any atom is 0.191 e. The van der Waals surface area contributed by atoms with E-state index in [1.165, 1.54) is 11.1 Å². The molecule has 0 radical (unpaired) electrons. The van der Waals surface area contributed by atoms with E-state index in [9.17, 15) is 0 Å². The molecule has 0 saturated heterocycles. The molecule has 5 heteroatoms. The third-order valence-electron chi connectivity index (χ3n) is 4.81. The van der Waals surface area contributed by atoms with E-state index in [0.717, 1.165) is 32.0 Å². The van der Waals surface area contributed by atoms with Crippen LogP contribution in [-0.2, 0) is 17.7 Å². The summed E-state index contributed by atoms with van der Waals surface area (Å²) in [7, 11) is 3.53. The van der Waals surface area contributed by atoms with Crippen LogP contribution < -0.4 is 10.6 Å². The van der Waals surface area contributed by atoms with Crippen LogP contribution in [0.2, 0.25) is 0 Å². The minimum Gasteiger partial charge on any atom is -0.377 e. The number of aliphatic imine (C=N–C) groups is 1. The molecule has 0 bridgehead atoms. The maximum atomic E-state index is 5.43. The van der Waals surface area contributed by atoms with Gasteiger partial charge in [-0.3, -0.25) is 9.89 Å². The van der Waals surface area contributed by atoms with E-state index in [1.807, 2.05) is 0 Å². The van der Waals surface area contributed by atoms with E-state index < -0.39 is 0 Å². The number of methoxy groups -OCH3 is 1. The number of fused-ring (bicyclic) bond motifs is 1. The Balaban J connectivity index is 1.81. The Bertz CT molecular complexity index is 556. The van der Waals surface area contributed by atoms with Crippen molar-refractivity contribution in [3.05, 3.63) is 35.4 Å². The van der Waals surface area contributed by atoms with Gasteiger partial charge in [0.15, 0.2) is 5.96 Å². The van der Waals surface area contributed by atoms with E-state index >= 15 is 0 Å². The average molecular weight is 332 g/mol. The van der Waals surface area contributed by atoms with Crippen LogP contribution in [0.1, 0.15) is 31.9 Å². The molecule has 24 heavy (non-hydrogen) atoms. The Morgan fingerprint density at radius 3 is 2.67 bits per heavy atom. The minimum absolute atomic E-state index is 0.209. The van der Waals surface area contributed by atoms with Gasteiger partial charge in [-0.05, 0) is 38.3 Å². The van der Waals surface area contributed by atoms with Crippen LogP contribution in [0.3, 0.4) is 0 Å². The fourth-order valence-electron chi connectivity index (χ4n) is 2.86. The summed E-state index contributed by atoms with van der Waals surface area (Å²) in [5.41, 5.74) is 2.74. The summed E-state index contributed by atoms with van der Waals surface area (Å²) in [6.07, 6.45) is 1.13. The zero-order chi connectivity index (χ0) is 17.6. The second kappa shape index (κ2) is 8.49. The number of ether oxygens (including phenoxy) is 1. The molecule has 5 nitrogen and oxygen atoms in total. The molecule has 1 aromatic carbocycles. The van der Waals surface area contributed by atoms with Crippen LogP contribution in [0.25, 0.3) is 0 Å². The first kappa shape index (κ1) is 18.7. The Labute approximate surface area is 146 Å². The highest BCUT2D eigenvalue weighted by atomic mass is 16.5. The van der Waals surface area contributed by atoms with Crippen LogP contribution in [0.4, 0.5) is 0 Å². The van der Waals surface area contributed by atoms with Gasteiger partial charge in [-0.15, -0.1) is 0 Å². The summed E-state index contributed by atoms with van der Waals surface area (Å²) < 4.78 is 5.43. The lowest BCUT2D eigenvalue weighted by molar-refractivity contribution is 0.0268. The summed E-state index contributed by atoms with van der Waals surface area (Å²) in [4.78, 5) is 6.83.